The van der Waals surface area contributed by atoms with E-state index in [4.69, 9.17) is 0 Å². The number of thioether (sulfide) groups is 1. The summed E-state index contributed by atoms with van der Waals surface area (Å²) in [6, 6.07) is 13.4. The van der Waals surface area contributed by atoms with Crippen molar-refractivity contribution in [3.63, 3.8) is 0 Å². The third-order valence-corrected chi connectivity index (χ3v) is 5.50. The molecule has 0 spiro atoms. The molecule has 4 rings (SSSR count). The monoisotopic (exact) mass is 366 g/mol. The zero-order valence-electron chi connectivity index (χ0n) is 14.1. The van der Waals surface area contributed by atoms with E-state index in [2.05, 4.69) is 15.2 Å². The number of piperazine rings is 1. The zero-order chi connectivity index (χ0) is 17.9. The Balaban J connectivity index is 1.41. The van der Waals surface area contributed by atoms with Gasteiger partial charge in [-0.3, -0.25) is 9.59 Å². The lowest BCUT2D eigenvalue weighted by molar-refractivity contribution is -0.126. The minimum atomic E-state index is -0.228. The van der Waals surface area contributed by atoms with E-state index < -0.39 is 0 Å². The molecule has 2 amide bonds. The van der Waals surface area contributed by atoms with Crippen molar-refractivity contribution in [2.24, 2.45) is 0 Å². The minimum Gasteiger partial charge on any atom is -0.353 e. The van der Waals surface area contributed by atoms with E-state index in [1.807, 2.05) is 42.5 Å². The maximum atomic E-state index is 12.6. The van der Waals surface area contributed by atoms with Gasteiger partial charge in [-0.05, 0) is 24.3 Å². The molecule has 1 N–H and O–H groups in total. The maximum absolute atomic E-state index is 12.6. The molecule has 2 aliphatic heterocycles. The van der Waals surface area contributed by atoms with Crippen LogP contribution in [0.15, 0.2) is 64.5 Å². The summed E-state index contributed by atoms with van der Waals surface area (Å²) in [6.07, 6.45) is 3.22. The van der Waals surface area contributed by atoms with Gasteiger partial charge >= 0.3 is 0 Å². The van der Waals surface area contributed by atoms with Gasteiger partial charge < -0.3 is 15.1 Å². The second-order valence-electron chi connectivity index (χ2n) is 6.06. The van der Waals surface area contributed by atoms with Gasteiger partial charge in [-0.25, -0.2) is 4.98 Å². The van der Waals surface area contributed by atoms with Crippen molar-refractivity contribution in [3.05, 3.63) is 59.6 Å². The summed E-state index contributed by atoms with van der Waals surface area (Å²) in [5, 5.41) is 2.83. The highest BCUT2D eigenvalue weighted by molar-refractivity contribution is 8.04. The third-order valence-electron chi connectivity index (χ3n) is 4.40. The molecule has 0 saturated carbocycles. The van der Waals surface area contributed by atoms with E-state index in [0.29, 0.717) is 18.0 Å². The van der Waals surface area contributed by atoms with E-state index >= 15 is 0 Å². The van der Waals surface area contributed by atoms with E-state index in [9.17, 15) is 9.59 Å². The Labute approximate surface area is 155 Å². The normalized spacial score (nSPS) is 18.5. The molecule has 0 bridgehead atoms. The zero-order valence-corrected chi connectivity index (χ0v) is 14.9. The summed E-state index contributed by atoms with van der Waals surface area (Å²) >= 11 is 1.34. The number of nitrogens with zero attached hydrogens (tertiary/aromatic N) is 3. The molecule has 1 saturated heterocycles. The van der Waals surface area contributed by atoms with E-state index in [1.54, 1.807) is 11.1 Å². The van der Waals surface area contributed by atoms with Gasteiger partial charge in [0, 0.05) is 43.3 Å². The van der Waals surface area contributed by atoms with E-state index in [-0.39, 0.29) is 11.8 Å². The summed E-state index contributed by atoms with van der Waals surface area (Å²) in [5.41, 5.74) is 0.788. The molecular formula is C19H18N4O2S. The summed E-state index contributed by atoms with van der Waals surface area (Å²) in [4.78, 5) is 34.5. The first-order valence-corrected chi connectivity index (χ1v) is 9.27. The van der Waals surface area contributed by atoms with Crippen LogP contribution in [0, 0.1) is 0 Å². The predicted octanol–water partition coefficient (Wildman–Crippen LogP) is 2.36. The summed E-state index contributed by atoms with van der Waals surface area (Å²) in [6.45, 7) is 2.69. The maximum Gasteiger partial charge on any atom is 0.262 e. The quantitative estimate of drug-likeness (QED) is 0.827. The Hall–Kier alpha value is -2.80. The van der Waals surface area contributed by atoms with Crippen LogP contribution in [0.4, 0.5) is 11.5 Å². The number of carbonyl (C=O) groups excluding carboxylic acids is 2. The summed E-state index contributed by atoms with van der Waals surface area (Å²) < 4.78 is 0. The van der Waals surface area contributed by atoms with Gasteiger partial charge in [0.25, 0.3) is 5.91 Å². The van der Waals surface area contributed by atoms with Crippen molar-refractivity contribution in [2.45, 2.75) is 4.90 Å². The molecule has 2 aliphatic rings. The van der Waals surface area contributed by atoms with Gasteiger partial charge in [-0.1, -0.05) is 30.0 Å². The van der Waals surface area contributed by atoms with Gasteiger partial charge in [0.2, 0.25) is 5.91 Å². The van der Waals surface area contributed by atoms with Crippen LogP contribution in [0.5, 0.6) is 0 Å². The molecule has 3 heterocycles. The van der Waals surface area contributed by atoms with E-state index in [1.165, 1.54) is 17.8 Å². The van der Waals surface area contributed by atoms with Crippen molar-refractivity contribution < 1.29 is 9.59 Å². The molecule has 0 unspecified atom stereocenters. The lowest BCUT2D eigenvalue weighted by atomic mass is 10.2. The van der Waals surface area contributed by atoms with Crippen LogP contribution >= 0.6 is 11.8 Å². The fourth-order valence-electron chi connectivity index (χ4n) is 3.00. The fraction of sp³-hybridized carbons (Fsp3) is 0.211. The number of para-hydroxylation sites is 1. The van der Waals surface area contributed by atoms with Crippen LogP contribution in [0.3, 0.4) is 0 Å². The van der Waals surface area contributed by atoms with E-state index in [0.717, 1.165) is 29.5 Å². The highest BCUT2D eigenvalue weighted by atomic mass is 32.2. The Morgan fingerprint density at radius 2 is 1.85 bits per heavy atom. The molecule has 1 aromatic carbocycles. The van der Waals surface area contributed by atoms with Crippen molar-refractivity contribution in [1.82, 2.24) is 9.88 Å². The second kappa shape index (κ2) is 7.21. The topological polar surface area (TPSA) is 65.5 Å². The summed E-state index contributed by atoms with van der Waals surface area (Å²) in [5.74, 6) is 0.577. The van der Waals surface area contributed by atoms with Crippen LogP contribution in [0.25, 0.3) is 0 Å². The Kier molecular flexibility index (Phi) is 4.62. The number of pyridine rings is 1. The van der Waals surface area contributed by atoms with Gasteiger partial charge in [0.1, 0.15) is 5.82 Å². The molecule has 2 aromatic rings. The van der Waals surface area contributed by atoms with Gasteiger partial charge in [0.15, 0.2) is 0 Å². The number of anilines is 2. The van der Waals surface area contributed by atoms with Gasteiger partial charge in [-0.2, -0.15) is 0 Å². The Morgan fingerprint density at radius 1 is 1.08 bits per heavy atom. The third kappa shape index (κ3) is 3.43. The number of hydrogen-bond donors (Lipinski definition) is 1. The standard InChI is InChI=1S/C19H18N4O2S/c24-18(13-16-19(25)21-14-5-1-2-6-15(14)26-16)23-11-9-22(10-12-23)17-7-3-4-8-20-17/h1-8,13H,9-12H2,(H,21,25)/b16-13-. The molecule has 1 fully saturated rings. The number of benzene rings is 1. The molecule has 0 radical (unpaired) electrons. The fourth-order valence-corrected chi connectivity index (χ4v) is 3.92. The number of fused-ring (bicyclic) bond motifs is 1. The molecule has 26 heavy (non-hydrogen) atoms. The molecule has 132 valence electrons. The van der Waals surface area contributed by atoms with Crippen LogP contribution < -0.4 is 10.2 Å². The predicted molar refractivity (Wildman–Crippen MR) is 102 cm³/mol. The highest BCUT2D eigenvalue weighted by Crippen LogP contribution is 2.37. The van der Waals surface area contributed by atoms with Crippen LogP contribution in [0.2, 0.25) is 0 Å². The molecule has 1 aromatic heterocycles. The Bertz CT molecular complexity index is 861. The highest BCUT2D eigenvalue weighted by Gasteiger charge is 2.25. The average molecular weight is 366 g/mol. The van der Waals surface area contributed by atoms with Crippen LogP contribution in [-0.2, 0) is 9.59 Å². The lowest BCUT2D eigenvalue weighted by Crippen LogP contribution is -2.48. The number of hydrogen-bond acceptors (Lipinski definition) is 5. The lowest BCUT2D eigenvalue weighted by Gasteiger charge is -2.35. The van der Waals surface area contributed by atoms with Crippen molar-refractivity contribution in [2.75, 3.05) is 36.4 Å². The molecular weight excluding hydrogens is 348 g/mol. The van der Waals surface area contributed by atoms with Crippen molar-refractivity contribution in [3.8, 4) is 0 Å². The first-order chi connectivity index (χ1) is 12.7. The number of amides is 2. The molecule has 0 atom stereocenters. The van der Waals surface area contributed by atoms with Crippen molar-refractivity contribution in [1.29, 1.82) is 0 Å². The Morgan fingerprint density at radius 3 is 2.62 bits per heavy atom. The smallest absolute Gasteiger partial charge is 0.262 e. The largest absolute Gasteiger partial charge is 0.353 e. The van der Waals surface area contributed by atoms with Gasteiger partial charge in [0.05, 0.1) is 10.6 Å². The number of nitrogens with one attached hydrogen (secondary N) is 1. The minimum absolute atomic E-state index is 0.122. The first-order valence-electron chi connectivity index (χ1n) is 8.45. The first kappa shape index (κ1) is 16.7. The molecule has 0 aliphatic carbocycles. The SMILES string of the molecule is O=C1Nc2ccccc2S/C1=C\C(=O)N1CCN(c2ccccn2)CC1. The van der Waals surface area contributed by atoms with Crippen LogP contribution in [0.1, 0.15) is 0 Å². The number of rotatable bonds is 2. The molecule has 6 nitrogen and oxygen atoms in total. The summed E-state index contributed by atoms with van der Waals surface area (Å²) in [7, 11) is 0. The van der Waals surface area contributed by atoms with Crippen molar-refractivity contribution >= 4 is 35.1 Å². The van der Waals surface area contributed by atoms with Gasteiger partial charge in [-0.15, -0.1) is 0 Å². The molecule has 7 heteroatoms. The number of aromatic nitrogens is 1. The van der Waals surface area contributed by atoms with Crippen LogP contribution in [-0.4, -0.2) is 47.9 Å². The second-order valence-corrected chi connectivity index (χ2v) is 7.14. The average Bonchev–Trinajstić information content (AvgIpc) is 2.69. The number of carbonyl (C=O) groups is 2.